The zero-order valence-corrected chi connectivity index (χ0v) is 10.3. The van der Waals surface area contributed by atoms with Crippen LogP contribution in [0, 0.1) is 5.82 Å². The van der Waals surface area contributed by atoms with E-state index in [1.54, 1.807) is 0 Å². The van der Waals surface area contributed by atoms with Crippen molar-refractivity contribution in [2.24, 2.45) is 0 Å². The van der Waals surface area contributed by atoms with E-state index in [1.165, 1.54) is 12.3 Å². The molecule has 0 saturated carbocycles. The van der Waals surface area contributed by atoms with Crippen LogP contribution < -0.4 is 10.2 Å². The molecule has 1 fully saturated rings. The number of hydrogen-bond acceptors (Lipinski definition) is 5. The Kier molecular flexibility index (Phi) is 4.11. The third-order valence-corrected chi connectivity index (χ3v) is 3.07. The van der Waals surface area contributed by atoms with E-state index in [0.29, 0.717) is 30.5 Å². The molecule has 0 spiro atoms. The highest BCUT2D eigenvalue weighted by molar-refractivity contribution is 5.42. The smallest absolute Gasteiger partial charge is 0.166 e. The normalized spacial score (nSPS) is 22.0. The average Bonchev–Trinajstić information content (AvgIpc) is 2.37. The van der Waals surface area contributed by atoms with Crippen LogP contribution in [0.3, 0.4) is 0 Å². The fourth-order valence-corrected chi connectivity index (χ4v) is 2.09. The Morgan fingerprint density at radius 2 is 2.44 bits per heavy atom. The van der Waals surface area contributed by atoms with Gasteiger partial charge in [-0.3, -0.25) is 0 Å². The van der Waals surface area contributed by atoms with E-state index in [-0.39, 0.29) is 0 Å². The summed E-state index contributed by atoms with van der Waals surface area (Å²) in [6, 6.07) is 1.53. The van der Waals surface area contributed by atoms with Gasteiger partial charge in [-0.05, 0) is 13.0 Å². The predicted octanol–water partition coefficient (Wildman–Crippen LogP) is 0.0445. The molecule has 0 amide bonds. The quantitative estimate of drug-likeness (QED) is 0.712. The molecule has 1 aliphatic rings. The van der Waals surface area contributed by atoms with Gasteiger partial charge in [-0.25, -0.2) is 9.37 Å². The topological polar surface area (TPSA) is 68.6 Å². The summed E-state index contributed by atoms with van der Waals surface area (Å²) in [5.41, 5.74) is 0.293. The number of pyridine rings is 1. The largest absolute Gasteiger partial charge is 0.393 e. The van der Waals surface area contributed by atoms with Gasteiger partial charge < -0.3 is 20.4 Å². The summed E-state index contributed by atoms with van der Waals surface area (Å²) in [7, 11) is 0. The summed E-state index contributed by atoms with van der Waals surface area (Å²) < 4.78 is 13.9. The van der Waals surface area contributed by atoms with Crippen LogP contribution in [-0.4, -0.2) is 47.5 Å². The van der Waals surface area contributed by atoms with E-state index in [2.05, 4.69) is 10.3 Å². The first-order valence-electron chi connectivity index (χ1n) is 6.04. The summed E-state index contributed by atoms with van der Waals surface area (Å²) in [6.45, 7) is 3.80. The molecule has 3 N–H and O–H groups in total. The van der Waals surface area contributed by atoms with Gasteiger partial charge in [0.05, 0.1) is 6.61 Å². The second-order valence-corrected chi connectivity index (χ2v) is 4.57. The van der Waals surface area contributed by atoms with Gasteiger partial charge in [-0.2, -0.15) is 0 Å². The van der Waals surface area contributed by atoms with Gasteiger partial charge in [0.1, 0.15) is 6.10 Å². The van der Waals surface area contributed by atoms with E-state index in [4.69, 9.17) is 5.11 Å². The lowest BCUT2D eigenvalue weighted by Gasteiger charge is -2.33. The molecular formula is C12H18FN3O2. The van der Waals surface area contributed by atoms with E-state index in [9.17, 15) is 9.50 Å². The van der Waals surface area contributed by atoms with Gasteiger partial charge in [0.2, 0.25) is 0 Å². The number of aliphatic hydroxyl groups excluding tert-OH is 2. The zero-order valence-electron chi connectivity index (χ0n) is 10.3. The van der Waals surface area contributed by atoms with Gasteiger partial charge >= 0.3 is 0 Å². The minimum atomic E-state index is -1.08. The van der Waals surface area contributed by atoms with Crippen molar-refractivity contribution in [2.75, 3.05) is 31.1 Å². The zero-order chi connectivity index (χ0) is 13.1. The Labute approximate surface area is 105 Å². The van der Waals surface area contributed by atoms with Crippen LogP contribution in [0.2, 0.25) is 0 Å². The molecule has 18 heavy (non-hydrogen) atoms. The monoisotopic (exact) mass is 255 g/mol. The lowest BCUT2D eigenvalue weighted by atomic mass is 10.1. The molecule has 0 bridgehead atoms. The lowest BCUT2D eigenvalue weighted by molar-refractivity contribution is 0.0951. The molecule has 2 atom stereocenters. The van der Waals surface area contributed by atoms with Crippen LogP contribution in [-0.2, 0) is 0 Å². The Balaban J connectivity index is 2.19. The molecule has 1 aromatic heterocycles. The molecule has 2 heterocycles. The molecule has 0 radical (unpaired) electrons. The fraction of sp³-hybridized carbons (Fsp3) is 0.583. The molecule has 2 rings (SSSR count). The molecular weight excluding hydrogens is 237 g/mol. The van der Waals surface area contributed by atoms with Crippen LogP contribution in [0.15, 0.2) is 12.3 Å². The number of nitrogens with zero attached hydrogens (tertiary/aromatic N) is 2. The van der Waals surface area contributed by atoms with E-state index in [1.807, 2.05) is 11.8 Å². The van der Waals surface area contributed by atoms with Gasteiger partial charge in [-0.1, -0.05) is 0 Å². The molecule has 1 aliphatic heterocycles. The first-order chi connectivity index (χ1) is 8.61. The maximum Gasteiger partial charge on any atom is 0.166 e. The lowest BCUT2D eigenvalue weighted by Crippen LogP contribution is -2.49. The van der Waals surface area contributed by atoms with Gasteiger partial charge in [0, 0.05) is 37.4 Å². The van der Waals surface area contributed by atoms with Crippen molar-refractivity contribution in [3.05, 3.63) is 23.6 Å². The first-order valence-corrected chi connectivity index (χ1v) is 6.04. The molecule has 1 saturated heterocycles. The fourth-order valence-electron chi connectivity index (χ4n) is 2.09. The third-order valence-electron chi connectivity index (χ3n) is 3.07. The van der Waals surface area contributed by atoms with E-state index < -0.39 is 18.5 Å². The Morgan fingerprint density at radius 1 is 1.67 bits per heavy atom. The van der Waals surface area contributed by atoms with Crippen LogP contribution in [0.25, 0.3) is 0 Å². The van der Waals surface area contributed by atoms with Crippen LogP contribution in [0.5, 0.6) is 0 Å². The Bertz CT molecular complexity index is 416. The van der Waals surface area contributed by atoms with Gasteiger partial charge in [-0.15, -0.1) is 0 Å². The maximum atomic E-state index is 13.9. The third kappa shape index (κ3) is 2.77. The number of rotatable bonds is 3. The number of anilines is 1. The highest BCUT2D eigenvalue weighted by atomic mass is 19.1. The van der Waals surface area contributed by atoms with Crippen molar-refractivity contribution in [3.63, 3.8) is 0 Å². The number of aromatic nitrogens is 1. The number of aliphatic hydroxyl groups is 2. The van der Waals surface area contributed by atoms with Crippen LogP contribution in [0.4, 0.5) is 10.2 Å². The SMILES string of the molecule is C[C@H]1CN(c2ncc([C@H](O)CO)cc2F)CCN1. The summed E-state index contributed by atoms with van der Waals surface area (Å²) >= 11 is 0. The van der Waals surface area contributed by atoms with Gasteiger partial charge in [0.25, 0.3) is 0 Å². The second-order valence-electron chi connectivity index (χ2n) is 4.57. The minimum absolute atomic E-state index is 0.293. The predicted molar refractivity (Wildman–Crippen MR) is 65.9 cm³/mol. The van der Waals surface area contributed by atoms with Crippen molar-refractivity contribution < 1.29 is 14.6 Å². The van der Waals surface area contributed by atoms with E-state index >= 15 is 0 Å². The summed E-state index contributed by atoms with van der Waals surface area (Å²) in [6.07, 6.45) is 0.328. The maximum absolute atomic E-state index is 13.9. The van der Waals surface area contributed by atoms with E-state index in [0.717, 1.165) is 6.54 Å². The molecule has 0 aliphatic carbocycles. The number of hydrogen-bond donors (Lipinski definition) is 3. The van der Waals surface area contributed by atoms with Crippen LogP contribution >= 0.6 is 0 Å². The standard InChI is InChI=1S/C12H18FN3O2/c1-8-6-16(3-2-14-8)12-10(13)4-9(5-15-12)11(18)7-17/h4-5,8,11,14,17-18H,2-3,6-7H2,1H3/t8-,11+/m0/s1. The Hall–Kier alpha value is -1.24. The molecule has 100 valence electrons. The highest BCUT2D eigenvalue weighted by Crippen LogP contribution is 2.21. The summed E-state index contributed by atoms with van der Waals surface area (Å²) in [5.74, 6) is -0.161. The molecule has 0 unspecified atom stereocenters. The number of piperazine rings is 1. The van der Waals surface area contributed by atoms with Crippen molar-refractivity contribution in [1.82, 2.24) is 10.3 Å². The van der Waals surface area contributed by atoms with Gasteiger partial charge in [0.15, 0.2) is 11.6 Å². The molecule has 5 nitrogen and oxygen atoms in total. The first kappa shape index (κ1) is 13.2. The molecule has 0 aromatic carbocycles. The average molecular weight is 255 g/mol. The van der Waals surface area contributed by atoms with Crippen molar-refractivity contribution in [2.45, 2.75) is 19.1 Å². The van der Waals surface area contributed by atoms with Crippen LogP contribution in [0.1, 0.15) is 18.6 Å². The minimum Gasteiger partial charge on any atom is -0.393 e. The molecule has 6 heteroatoms. The number of halogens is 1. The second kappa shape index (κ2) is 5.60. The van der Waals surface area contributed by atoms with Crippen molar-refractivity contribution in [1.29, 1.82) is 0 Å². The number of nitrogens with one attached hydrogen (secondary N) is 1. The summed E-state index contributed by atoms with van der Waals surface area (Å²) in [5, 5.41) is 21.5. The van der Waals surface area contributed by atoms with Crippen molar-refractivity contribution >= 4 is 5.82 Å². The highest BCUT2D eigenvalue weighted by Gasteiger charge is 2.20. The summed E-state index contributed by atoms with van der Waals surface area (Å²) in [4.78, 5) is 5.94. The molecule has 1 aromatic rings. The Morgan fingerprint density at radius 3 is 3.06 bits per heavy atom. The van der Waals surface area contributed by atoms with Crippen molar-refractivity contribution in [3.8, 4) is 0 Å².